The second kappa shape index (κ2) is 7.79. The molecule has 4 heteroatoms. The summed E-state index contributed by atoms with van der Waals surface area (Å²) in [6.07, 6.45) is -0.690. The number of aliphatic hydroxyl groups excluding tert-OH is 1. The van der Waals surface area contributed by atoms with Gasteiger partial charge in [0.25, 0.3) is 0 Å². The molecule has 1 N–H and O–H groups in total. The molecule has 0 aliphatic carbocycles. The van der Waals surface area contributed by atoms with Gasteiger partial charge in [-0.1, -0.05) is 54.1 Å². The first-order valence-corrected chi connectivity index (χ1v) is 6.62. The Labute approximate surface area is 135 Å². The maximum absolute atomic E-state index is 10.6. The second-order valence-electron chi connectivity index (χ2n) is 4.86. The highest BCUT2D eigenvalue weighted by atomic mass is 79.9. The fourth-order valence-corrected chi connectivity index (χ4v) is 2.39. The van der Waals surface area contributed by atoms with E-state index in [-0.39, 0.29) is 17.0 Å². The van der Waals surface area contributed by atoms with E-state index in [4.69, 9.17) is 11.6 Å². The molecule has 0 aliphatic heterocycles. The van der Waals surface area contributed by atoms with E-state index in [0.717, 1.165) is 23.2 Å². The van der Waals surface area contributed by atoms with E-state index in [1.54, 1.807) is 6.07 Å². The summed E-state index contributed by atoms with van der Waals surface area (Å²) < 4.78 is 0. The van der Waals surface area contributed by atoms with E-state index in [2.05, 4.69) is 4.90 Å². The Morgan fingerprint density at radius 3 is 2.15 bits per heavy atom. The third-order valence-corrected chi connectivity index (χ3v) is 3.38. The molecule has 1 atom stereocenters. The zero-order valence-corrected chi connectivity index (χ0v) is 14.1. The minimum atomic E-state index is -0.690. The smallest absolute Gasteiger partial charge is 0.106 e. The Kier molecular flexibility index (Phi) is 6.69. The molecule has 2 rings (SSSR count). The van der Waals surface area contributed by atoms with Crippen LogP contribution in [0.3, 0.4) is 0 Å². The largest absolute Gasteiger partial charge is 0.384 e. The Hall–Kier alpha value is -0.870. The molecule has 0 aliphatic rings. The molecule has 0 saturated heterocycles. The summed E-state index contributed by atoms with van der Waals surface area (Å²) in [6, 6.07) is 15.3. The summed E-state index contributed by atoms with van der Waals surface area (Å²) in [5.41, 5.74) is 2.76. The van der Waals surface area contributed by atoms with Gasteiger partial charge in [0, 0.05) is 17.1 Å². The van der Waals surface area contributed by atoms with Gasteiger partial charge >= 0.3 is 0 Å². The highest BCUT2D eigenvalue weighted by molar-refractivity contribution is 8.93. The summed E-state index contributed by atoms with van der Waals surface area (Å²) in [7, 11) is 4.03. The van der Waals surface area contributed by atoms with Crippen molar-refractivity contribution in [1.82, 2.24) is 4.90 Å². The molecule has 2 aromatic rings. The van der Waals surface area contributed by atoms with Crippen molar-refractivity contribution in [3.63, 3.8) is 0 Å². The van der Waals surface area contributed by atoms with Crippen LogP contribution in [0.25, 0.3) is 0 Å². The minimum Gasteiger partial charge on any atom is -0.384 e. The van der Waals surface area contributed by atoms with Crippen LogP contribution >= 0.6 is 28.6 Å². The van der Waals surface area contributed by atoms with Gasteiger partial charge in [-0.05, 0) is 31.3 Å². The molecule has 20 heavy (non-hydrogen) atoms. The Morgan fingerprint density at radius 1 is 1.00 bits per heavy atom. The van der Waals surface area contributed by atoms with Gasteiger partial charge in [-0.15, -0.1) is 17.0 Å². The number of hydrogen-bond acceptors (Lipinski definition) is 2. The normalized spacial score (nSPS) is 12.1. The van der Waals surface area contributed by atoms with Crippen molar-refractivity contribution < 1.29 is 5.11 Å². The van der Waals surface area contributed by atoms with E-state index in [1.807, 2.05) is 56.6 Å². The predicted molar refractivity (Wildman–Crippen MR) is 89.7 cm³/mol. The average molecular weight is 357 g/mol. The number of nitrogens with zero attached hydrogens (tertiary/aromatic N) is 1. The molecular weight excluding hydrogens is 338 g/mol. The number of hydrogen-bond donors (Lipinski definition) is 1. The van der Waals surface area contributed by atoms with Crippen molar-refractivity contribution in [2.75, 3.05) is 14.1 Å². The molecule has 1 unspecified atom stereocenters. The lowest BCUT2D eigenvalue weighted by molar-refractivity contribution is 0.218. The fraction of sp³-hybridized carbons (Fsp3) is 0.250. The zero-order valence-electron chi connectivity index (χ0n) is 11.6. The topological polar surface area (TPSA) is 23.5 Å². The second-order valence-corrected chi connectivity index (χ2v) is 5.27. The SMILES string of the molecule is Br.CN(C)Cc1ccccc1C(O)c1ccccc1Cl. The van der Waals surface area contributed by atoms with E-state index in [9.17, 15) is 5.11 Å². The third-order valence-electron chi connectivity index (χ3n) is 3.04. The van der Waals surface area contributed by atoms with Crippen LogP contribution < -0.4 is 0 Å². The Balaban J connectivity index is 0.00000200. The van der Waals surface area contributed by atoms with Crippen LogP contribution in [-0.4, -0.2) is 24.1 Å². The predicted octanol–water partition coefficient (Wildman–Crippen LogP) is 4.06. The molecule has 0 radical (unpaired) electrons. The van der Waals surface area contributed by atoms with Crippen LogP contribution in [0.5, 0.6) is 0 Å². The van der Waals surface area contributed by atoms with E-state index in [0.29, 0.717) is 5.02 Å². The molecule has 2 aromatic carbocycles. The van der Waals surface area contributed by atoms with Crippen molar-refractivity contribution in [3.05, 3.63) is 70.2 Å². The van der Waals surface area contributed by atoms with E-state index >= 15 is 0 Å². The molecule has 0 spiro atoms. The first-order chi connectivity index (χ1) is 9.09. The lowest BCUT2D eigenvalue weighted by atomic mass is 9.96. The summed E-state index contributed by atoms with van der Waals surface area (Å²) in [5, 5.41) is 11.2. The van der Waals surface area contributed by atoms with E-state index < -0.39 is 6.10 Å². The van der Waals surface area contributed by atoms with Crippen LogP contribution in [-0.2, 0) is 6.54 Å². The summed E-state index contributed by atoms with van der Waals surface area (Å²) in [6.45, 7) is 0.789. The Bertz CT molecular complexity index is 560. The van der Waals surface area contributed by atoms with Gasteiger partial charge in [0.05, 0.1) is 0 Å². The molecule has 0 amide bonds. The number of rotatable bonds is 4. The summed E-state index contributed by atoms with van der Waals surface area (Å²) in [4.78, 5) is 2.08. The molecule has 0 bridgehead atoms. The quantitative estimate of drug-likeness (QED) is 0.893. The van der Waals surface area contributed by atoms with Gasteiger partial charge in [0.2, 0.25) is 0 Å². The molecular formula is C16H19BrClNO. The fourth-order valence-electron chi connectivity index (χ4n) is 2.15. The zero-order chi connectivity index (χ0) is 13.8. The lowest BCUT2D eigenvalue weighted by Crippen LogP contribution is -2.14. The van der Waals surface area contributed by atoms with Gasteiger partial charge in [0.1, 0.15) is 6.10 Å². The highest BCUT2D eigenvalue weighted by Crippen LogP contribution is 2.30. The van der Waals surface area contributed by atoms with Crippen molar-refractivity contribution in [3.8, 4) is 0 Å². The highest BCUT2D eigenvalue weighted by Gasteiger charge is 2.16. The lowest BCUT2D eigenvalue weighted by Gasteiger charge is -2.19. The first-order valence-electron chi connectivity index (χ1n) is 6.24. The van der Waals surface area contributed by atoms with Gasteiger partial charge in [0.15, 0.2) is 0 Å². The third kappa shape index (κ3) is 4.06. The number of benzene rings is 2. The van der Waals surface area contributed by atoms with Gasteiger partial charge in [-0.2, -0.15) is 0 Å². The average Bonchev–Trinajstić information content (AvgIpc) is 2.38. The molecule has 0 aromatic heterocycles. The van der Waals surface area contributed by atoms with Crippen LogP contribution in [0.4, 0.5) is 0 Å². The van der Waals surface area contributed by atoms with Crippen molar-refractivity contribution in [2.24, 2.45) is 0 Å². The monoisotopic (exact) mass is 355 g/mol. The van der Waals surface area contributed by atoms with Crippen molar-refractivity contribution in [1.29, 1.82) is 0 Å². The maximum atomic E-state index is 10.6. The minimum absolute atomic E-state index is 0. The molecule has 0 heterocycles. The molecule has 108 valence electrons. The van der Waals surface area contributed by atoms with Gasteiger partial charge in [-0.3, -0.25) is 0 Å². The Morgan fingerprint density at radius 2 is 1.55 bits per heavy atom. The van der Waals surface area contributed by atoms with Gasteiger partial charge < -0.3 is 10.0 Å². The molecule has 0 fully saturated rings. The number of aliphatic hydroxyl groups is 1. The van der Waals surface area contributed by atoms with Crippen LogP contribution in [0.15, 0.2) is 48.5 Å². The number of halogens is 2. The van der Waals surface area contributed by atoms with Gasteiger partial charge in [-0.25, -0.2) is 0 Å². The van der Waals surface area contributed by atoms with Crippen LogP contribution in [0.1, 0.15) is 22.8 Å². The van der Waals surface area contributed by atoms with E-state index in [1.165, 1.54) is 0 Å². The van der Waals surface area contributed by atoms with Crippen LogP contribution in [0, 0.1) is 0 Å². The molecule has 0 saturated carbocycles. The summed E-state index contributed by atoms with van der Waals surface area (Å²) >= 11 is 6.16. The standard InChI is InChI=1S/C16H18ClNO.BrH/c1-18(2)11-12-7-3-4-8-13(12)16(19)14-9-5-6-10-15(14)17;/h3-10,16,19H,11H2,1-2H3;1H. The van der Waals surface area contributed by atoms with Crippen molar-refractivity contribution in [2.45, 2.75) is 12.6 Å². The first kappa shape index (κ1) is 17.2. The maximum Gasteiger partial charge on any atom is 0.106 e. The summed E-state index contributed by atoms with van der Waals surface area (Å²) in [5.74, 6) is 0. The van der Waals surface area contributed by atoms with Crippen LogP contribution in [0.2, 0.25) is 5.02 Å². The van der Waals surface area contributed by atoms with Crippen molar-refractivity contribution >= 4 is 28.6 Å². The molecule has 2 nitrogen and oxygen atoms in total.